The third kappa shape index (κ3) is 2.60. The highest BCUT2D eigenvalue weighted by atomic mass is 35.5. The molecule has 5 heteroatoms. The fourth-order valence-electron chi connectivity index (χ4n) is 1.52. The quantitative estimate of drug-likeness (QED) is 0.884. The molecule has 18 heavy (non-hydrogen) atoms. The molecule has 0 saturated heterocycles. The van der Waals surface area contributed by atoms with E-state index in [2.05, 4.69) is 5.32 Å². The van der Waals surface area contributed by atoms with Crippen molar-refractivity contribution in [1.29, 1.82) is 0 Å². The fourth-order valence-corrected chi connectivity index (χ4v) is 1.69. The van der Waals surface area contributed by atoms with Crippen LogP contribution in [-0.4, -0.2) is 11.1 Å². The molecule has 0 aliphatic heterocycles. The second-order valence-corrected chi connectivity index (χ2v) is 4.04. The van der Waals surface area contributed by atoms with Crippen molar-refractivity contribution in [3.05, 3.63) is 58.9 Å². The van der Waals surface area contributed by atoms with Crippen LogP contribution >= 0.6 is 11.6 Å². The van der Waals surface area contributed by atoms with Crippen LogP contribution in [0.1, 0.15) is 10.4 Å². The molecule has 0 amide bonds. The first kappa shape index (κ1) is 12.4. The minimum Gasteiger partial charge on any atom is -0.478 e. The molecule has 0 aromatic heterocycles. The van der Waals surface area contributed by atoms with E-state index in [0.717, 1.165) is 0 Å². The number of rotatable bonds is 3. The second kappa shape index (κ2) is 5.06. The van der Waals surface area contributed by atoms with Gasteiger partial charge >= 0.3 is 5.97 Å². The first-order valence-electron chi connectivity index (χ1n) is 5.12. The van der Waals surface area contributed by atoms with Gasteiger partial charge in [-0.1, -0.05) is 23.7 Å². The SMILES string of the molecule is O=C(O)c1ccccc1Nc1cc(Cl)ccc1F. The van der Waals surface area contributed by atoms with Crippen molar-refractivity contribution in [2.75, 3.05) is 5.32 Å². The Balaban J connectivity index is 2.40. The van der Waals surface area contributed by atoms with Gasteiger partial charge in [-0.2, -0.15) is 0 Å². The molecule has 0 atom stereocenters. The average molecular weight is 266 g/mol. The number of aromatic carboxylic acids is 1. The molecule has 0 bridgehead atoms. The molecule has 92 valence electrons. The first-order chi connectivity index (χ1) is 8.58. The average Bonchev–Trinajstić information content (AvgIpc) is 2.34. The standard InChI is InChI=1S/C13H9ClFNO2/c14-8-5-6-10(15)12(7-8)16-11-4-2-1-3-9(11)13(17)18/h1-7,16H,(H,17,18). The summed E-state index contributed by atoms with van der Waals surface area (Å²) in [5.74, 6) is -1.58. The van der Waals surface area contributed by atoms with Gasteiger partial charge in [-0.3, -0.25) is 0 Å². The Hall–Kier alpha value is -2.07. The molecule has 0 unspecified atom stereocenters. The van der Waals surface area contributed by atoms with Crippen LogP contribution in [0.5, 0.6) is 0 Å². The van der Waals surface area contributed by atoms with E-state index < -0.39 is 11.8 Å². The summed E-state index contributed by atoms with van der Waals surface area (Å²) < 4.78 is 13.5. The molecule has 0 aliphatic rings. The number of benzene rings is 2. The molecular formula is C13H9ClFNO2. The largest absolute Gasteiger partial charge is 0.478 e. The molecular weight excluding hydrogens is 257 g/mol. The molecule has 2 N–H and O–H groups in total. The third-order valence-electron chi connectivity index (χ3n) is 2.36. The van der Waals surface area contributed by atoms with Gasteiger partial charge in [-0.15, -0.1) is 0 Å². The lowest BCUT2D eigenvalue weighted by Crippen LogP contribution is -2.03. The number of nitrogens with one attached hydrogen (secondary N) is 1. The van der Waals surface area contributed by atoms with Crippen LogP contribution in [0.15, 0.2) is 42.5 Å². The summed E-state index contributed by atoms with van der Waals surface area (Å²) in [6, 6.07) is 10.3. The zero-order valence-electron chi connectivity index (χ0n) is 9.15. The number of carboxylic acids is 1. The molecule has 0 spiro atoms. The zero-order valence-corrected chi connectivity index (χ0v) is 9.91. The van der Waals surface area contributed by atoms with Crippen LogP contribution in [0.25, 0.3) is 0 Å². The predicted octanol–water partition coefficient (Wildman–Crippen LogP) is 3.92. The summed E-state index contributed by atoms with van der Waals surface area (Å²) in [5.41, 5.74) is 0.513. The van der Waals surface area contributed by atoms with Crippen LogP contribution in [0, 0.1) is 5.82 Å². The lowest BCUT2D eigenvalue weighted by atomic mass is 10.1. The molecule has 2 rings (SSSR count). The number of hydrogen-bond acceptors (Lipinski definition) is 2. The smallest absolute Gasteiger partial charge is 0.337 e. The van der Waals surface area contributed by atoms with Crippen LogP contribution in [0.2, 0.25) is 5.02 Å². The number of carbonyl (C=O) groups is 1. The van der Waals surface area contributed by atoms with Gasteiger partial charge in [0.15, 0.2) is 0 Å². The normalized spacial score (nSPS) is 10.1. The van der Waals surface area contributed by atoms with Gasteiger partial charge in [0.1, 0.15) is 5.82 Å². The highest BCUT2D eigenvalue weighted by Crippen LogP contribution is 2.25. The van der Waals surface area contributed by atoms with Crippen molar-refractivity contribution in [2.24, 2.45) is 0 Å². The Morgan fingerprint density at radius 3 is 2.61 bits per heavy atom. The monoisotopic (exact) mass is 265 g/mol. The molecule has 0 radical (unpaired) electrons. The van der Waals surface area contributed by atoms with E-state index in [1.54, 1.807) is 18.2 Å². The van der Waals surface area contributed by atoms with E-state index in [1.165, 1.54) is 24.3 Å². The summed E-state index contributed by atoms with van der Waals surface area (Å²) in [5, 5.41) is 12.1. The molecule has 3 nitrogen and oxygen atoms in total. The molecule has 0 aliphatic carbocycles. The number of carboxylic acid groups (broad SMARTS) is 1. The Morgan fingerprint density at radius 2 is 1.89 bits per heavy atom. The van der Waals surface area contributed by atoms with Crippen molar-refractivity contribution in [3.63, 3.8) is 0 Å². The number of hydrogen-bond donors (Lipinski definition) is 2. The van der Waals surface area contributed by atoms with Gasteiger partial charge in [-0.25, -0.2) is 9.18 Å². The van der Waals surface area contributed by atoms with Gasteiger partial charge in [0, 0.05) is 5.02 Å². The van der Waals surface area contributed by atoms with Crippen LogP contribution < -0.4 is 5.32 Å². The van der Waals surface area contributed by atoms with Gasteiger partial charge in [0.2, 0.25) is 0 Å². The van der Waals surface area contributed by atoms with E-state index in [0.29, 0.717) is 10.7 Å². The first-order valence-corrected chi connectivity index (χ1v) is 5.50. The lowest BCUT2D eigenvalue weighted by Gasteiger charge is -2.10. The minimum absolute atomic E-state index is 0.0666. The van der Waals surface area contributed by atoms with Crippen molar-refractivity contribution >= 4 is 28.9 Å². The van der Waals surface area contributed by atoms with E-state index in [4.69, 9.17) is 16.7 Å². The summed E-state index contributed by atoms with van der Waals surface area (Å²) in [7, 11) is 0. The van der Waals surface area contributed by atoms with Gasteiger partial charge in [-0.05, 0) is 30.3 Å². The maximum absolute atomic E-state index is 13.5. The maximum atomic E-state index is 13.5. The third-order valence-corrected chi connectivity index (χ3v) is 2.59. The number of anilines is 2. The minimum atomic E-state index is -1.08. The Morgan fingerprint density at radius 1 is 1.17 bits per heavy atom. The topological polar surface area (TPSA) is 49.3 Å². The van der Waals surface area contributed by atoms with Crippen molar-refractivity contribution < 1.29 is 14.3 Å². The van der Waals surface area contributed by atoms with Crippen LogP contribution in [-0.2, 0) is 0 Å². The van der Waals surface area contributed by atoms with E-state index >= 15 is 0 Å². The van der Waals surface area contributed by atoms with Gasteiger partial charge in [0.25, 0.3) is 0 Å². The second-order valence-electron chi connectivity index (χ2n) is 3.60. The Kier molecular flexibility index (Phi) is 3.48. The summed E-state index contributed by atoms with van der Waals surface area (Å²) >= 11 is 5.76. The van der Waals surface area contributed by atoms with Crippen molar-refractivity contribution in [2.45, 2.75) is 0 Å². The predicted molar refractivity (Wildman–Crippen MR) is 68.1 cm³/mol. The Labute approximate surface area is 108 Å². The highest BCUT2D eigenvalue weighted by Gasteiger charge is 2.11. The summed E-state index contributed by atoms with van der Waals surface area (Å²) in [6.07, 6.45) is 0. The lowest BCUT2D eigenvalue weighted by molar-refractivity contribution is 0.0698. The highest BCUT2D eigenvalue weighted by molar-refractivity contribution is 6.30. The molecule has 2 aromatic carbocycles. The van der Waals surface area contributed by atoms with Gasteiger partial charge in [0.05, 0.1) is 16.9 Å². The molecule has 2 aromatic rings. The number of halogens is 2. The molecule has 0 fully saturated rings. The fraction of sp³-hybridized carbons (Fsp3) is 0. The number of para-hydroxylation sites is 1. The summed E-state index contributed by atoms with van der Waals surface area (Å²) in [4.78, 5) is 11.0. The molecule has 0 heterocycles. The zero-order chi connectivity index (χ0) is 13.1. The molecule has 0 saturated carbocycles. The summed E-state index contributed by atoms with van der Waals surface area (Å²) in [6.45, 7) is 0. The van der Waals surface area contributed by atoms with E-state index in [-0.39, 0.29) is 11.3 Å². The van der Waals surface area contributed by atoms with Crippen molar-refractivity contribution in [3.8, 4) is 0 Å². The van der Waals surface area contributed by atoms with Crippen LogP contribution in [0.3, 0.4) is 0 Å². The van der Waals surface area contributed by atoms with E-state index in [9.17, 15) is 9.18 Å². The van der Waals surface area contributed by atoms with Crippen molar-refractivity contribution in [1.82, 2.24) is 0 Å². The maximum Gasteiger partial charge on any atom is 0.337 e. The van der Waals surface area contributed by atoms with Crippen LogP contribution in [0.4, 0.5) is 15.8 Å². The van der Waals surface area contributed by atoms with Gasteiger partial charge < -0.3 is 10.4 Å². The Bertz CT molecular complexity index is 601. The van der Waals surface area contributed by atoms with E-state index in [1.807, 2.05) is 0 Å².